The molecule has 0 aliphatic carbocycles. The molecule has 2 rings (SSSR count). The molecule has 0 saturated heterocycles. The van der Waals surface area contributed by atoms with Gasteiger partial charge in [-0.15, -0.1) is 0 Å². The van der Waals surface area contributed by atoms with Gasteiger partial charge in [-0.05, 0) is 31.0 Å². The van der Waals surface area contributed by atoms with Gasteiger partial charge in [0.25, 0.3) is 0 Å². The monoisotopic (exact) mass is 247 g/mol. The van der Waals surface area contributed by atoms with E-state index >= 15 is 0 Å². The van der Waals surface area contributed by atoms with Gasteiger partial charge < -0.3 is 5.73 Å². The van der Waals surface area contributed by atoms with Crippen molar-refractivity contribution in [3.8, 4) is 5.69 Å². The first-order valence-corrected chi connectivity index (χ1v) is 6.10. The zero-order valence-corrected chi connectivity index (χ0v) is 10.9. The summed E-state index contributed by atoms with van der Waals surface area (Å²) in [4.78, 5) is 0. The average Bonchev–Trinajstić information content (AvgIpc) is 2.77. The van der Waals surface area contributed by atoms with E-state index in [0.29, 0.717) is 17.2 Å². The summed E-state index contributed by atoms with van der Waals surface area (Å²) in [6, 6.07) is 6.51. The number of halogens is 1. The Morgan fingerprint density at radius 2 is 1.94 bits per heavy atom. The maximum atomic E-state index is 13.8. The molecule has 0 spiro atoms. The van der Waals surface area contributed by atoms with Gasteiger partial charge in [-0.2, -0.15) is 5.10 Å². The molecule has 0 aliphatic rings. The summed E-state index contributed by atoms with van der Waals surface area (Å²) >= 11 is 0. The van der Waals surface area contributed by atoms with E-state index in [9.17, 15) is 4.39 Å². The van der Waals surface area contributed by atoms with E-state index in [4.69, 9.17) is 5.73 Å². The van der Waals surface area contributed by atoms with E-state index in [2.05, 4.69) is 18.9 Å². The molecule has 2 N–H and O–H groups in total. The number of benzene rings is 1. The zero-order valence-electron chi connectivity index (χ0n) is 10.9. The van der Waals surface area contributed by atoms with Crippen LogP contribution in [0.5, 0.6) is 0 Å². The smallest absolute Gasteiger partial charge is 0.130 e. The molecule has 0 aliphatic heterocycles. The highest BCUT2D eigenvalue weighted by Crippen LogP contribution is 2.23. The molecule has 1 aromatic heterocycles. The van der Waals surface area contributed by atoms with Crippen molar-refractivity contribution in [2.75, 3.05) is 0 Å². The predicted octanol–water partition coefficient (Wildman–Crippen LogP) is 3.15. The zero-order chi connectivity index (χ0) is 13.3. The van der Waals surface area contributed by atoms with E-state index in [1.807, 2.05) is 18.3 Å². The van der Waals surface area contributed by atoms with Crippen LogP contribution in [0, 0.1) is 5.82 Å². The summed E-state index contributed by atoms with van der Waals surface area (Å²) in [7, 11) is 0. The lowest BCUT2D eigenvalue weighted by molar-refractivity contribution is 0.588. The molecule has 0 amide bonds. The lowest BCUT2D eigenvalue weighted by atomic mass is 10.1. The molecule has 3 nitrogen and oxygen atoms in total. The van der Waals surface area contributed by atoms with Gasteiger partial charge in [-0.3, -0.25) is 0 Å². The second kappa shape index (κ2) is 4.90. The van der Waals surface area contributed by atoms with Crippen LogP contribution in [0.1, 0.15) is 44.0 Å². The SMILES string of the molecule is CC(C)c1ccn(-c2cccc(F)c2C(C)N)n1. The topological polar surface area (TPSA) is 43.8 Å². The van der Waals surface area contributed by atoms with Gasteiger partial charge in [-0.25, -0.2) is 9.07 Å². The molecule has 4 heteroatoms. The van der Waals surface area contributed by atoms with E-state index in [0.717, 1.165) is 5.69 Å². The Kier molecular flexibility index (Phi) is 3.48. The maximum Gasteiger partial charge on any atom is 0.130 e. The fourth-order valence-electron chi connectivity index (χ4n) is 1.96. The van der Waals surface area contributed by atoms with Crippen LogP contribution in [-0.2, 0) is 0 Å². The van der Waals surface area contributed by atoms with Crippen LogP contribution in [0.25, 0.3) is 5.69 Å². The van der Waals surface area contributed by atoms with E-state index in [1.54, 1.807) is 17.7 Å². The summed E-state index contributed by atoms with van der Waals surface area (Å²) in [5.74, 6) is 0.0580. The van der Waals surface area contributed by atoms with Gasteiger partial charge in [0.1, 0.15) is 5.82 Å². The second-order valence-corrected chi connectivity index (χ2v) is 4.80. The van der Waals surface area contributed by atoms with Crippen molar-refractivity contribution in [3.63, 3.8) is 0 Å². The van der Waals surface area contributed by atoms with Gasteiger partial charge >= 0.3 is 0 Å². The molecule has 1 unspecified atom stereocenters. The number of nitrogens with zero attached hydrogens (tertiary/aromatic N) is 2. The minimum Gasteiger partial charge on any atom is -0.324 e. The minimum atomic E-state index is -0.368. The standard InChI is InChI=1S/C14H18FN3/c1-9(2)12-7-8-18(17-12)13-6-4-5-11(15)14(13)10(3)16/h4-10H,16H2,1-3H3. The first-order valence-electron chi connectivity index (χ1n) is 6.10. The third-order valence-electron chi connectivity index (χ3n) is 2.93. The number of aromatic nitrogens is 2. The Morgan fingerprint density at radius 1 is 1.22 bits per heavy atom. The lowest BCUT2D eigenvalue weighted by Gasteiger charge is -2.13. The average molecular weight is 247 g/mol. The summed E-state index contributed by atoms with van der Waals surface area (Å²) in [6.07, 6.45) is 1.84. The number of rotatable bonds is 3. The molecule has 0 radical (unpaired) electrons. The van der Waals surface area contributed by atoms with Crippen LogP contribution in [0.2, 0.25) is 0 Å². The normalized spacial score (nSPS) is 13.0. The van der Waals surface area contributed by atoms with Crippen molar-refractivity contribution in [2.24, 2.45) is 5.73 Å². The first-order chi connectivity index (χ1) is 8.50. The molecule has 0 fully saturated rings. The molecule has 2 aromatic rings. The molecule has 1 aromatic carbocycles. The molecule has 1 heterocycles. The van der Waals surface area contributed by atoms with Crippen LogP contribution in [-0.4, -0.2) is 9.78 Å². The molecule has 0 bridgehead atoms. The lowest BCUT2D eigenvalue weighted by Crippen LogP contribution is -2.12. The van der Waals surface area contributed by atoms with Crippen LogP contribution in [0.3, 0.4) is 0 Å². The van der Waals surface area contributed by atoms with Crippen molar-refractivity contribution in [1.29, 1.82) is 0 Å². The van der Waals surface area contributed by atoms with E-state index in [-0.39, 0.29) is 11.9 Å². The predicted molar refractivity (Wildman–Crippen MR) is 70.2 cm³/mol. The minimum absolute atomic E-state index is 0.288. The van der Waals surface area contributed by atoms with Crippen LogP contribution < -0.4 is 5.73 Å². The Bertz CT molecular complexity index is 544. The highest BCUT2D eigenvalue weighted by Gasteiger charge is 2.15. The summed E-state index contributed by atoms with van der Waals surface area (Å²) in [5.41, 5.74) is 8.02. The van der Waals surface area contributed by atoms with Crippen molar-refractivity contribution in [3.05, 3.63) is 47.5 Å². The summed E-state index contributed by atoms with van der Waals surface area (Å²) in [5, 5.41) is 4.46. The van der Waals surface area contributed by atoms with Gasteiger partial charge in [0.2, 0.25) is 0 Å². The Morgan fingerprint density at radius 3 is 2.50 bits per heavy atom. The molecule has 18 heavy (non-hydrogen) atoms. The molecule has 1 atom stereocenters. The molecular formula is C14H18FN3. The third kappa shape index (κ3) is 2.29. The summed E-state index contributed by atoms with van der Waals surface area (Å²) < 4.78 is 15.5. The third-order valence-corrected chi connectivity index (χ3v) is 2.93. The van der Waals surface area contributed by atoms with Gasteiger partial charge in [0, 0.05) is 17.8 Å². The fraction of sp³-hybridized carbons (Fsp3) is 0.357. The Hall–Kier alpha value is -1.68. The quantitative estimate of drug-likeness (QED) is 0.905. The maximum absolute atomic E-state index is 13.8. The van der Waals surface area contributed by atoms with Crippen LogP contribution >= 0.6 is 0 Å². The molecule has 96 valence electrons. The number of hydrogen-bond acceptors (Lipinski definition) is 2. The van der Waals surface area contributed by atoms with E-state index < -0.39 is 0 Å². The number of hydrogen-bond donors (Lipinski definition) is 1. The first kappa shape index (κ1) is 12.8. The van der Waals surface area contributed by atoms with Crippen molar-refractivity contribution >= 4 is 0 Å². The number of nitrogens with two attached hydrogens (primary N) is 1. The van der Waals surface area contributed by atoms with E-state index in [1.165, 1.54) is 6.07 Å². The van der Waals surface area contributed by atoms with Gasteiger partial charge in [0.05, 0.1) is 11.4 Å². The van der Waals surface area contributed by atoms with Crippen molar-refractivity contribution in [1.82, 2.24) is 9.78 Å². The highest BCUT2D eigenvalue weighted by atomic mass is 19.1. The Labute approximate surface area is 106 Å². The largest absolute Gasteiger partial charge is 0.324 e. The van der Waals surface area contributed by atoms with Crippen LogP contribution in [0.15, 0.2) is 30.5 Å². The van der Waals surface area contributed by atoms with Gasteiger partial charge in [0.15, 0.2) is 0 Å². The fourth-order valence-corrected chi connectivity index (χ4v) is 1.96. The van der Waals surface area contributed by atoms with Crippen molar-refractivity contribution in [2.45, 2.75) is 32.7 Å². The van der Waals surface area contributed by atoms with Crippen LogP contribution in [0.4, 0.5) is 4.39 Å². The van der Waals surface area contributed by atoms with Crippen molar-refractivity contribution < 1.29 is 4.39 Å². The second-order valence-electron chi connectivity index (χ2n) is 4.80. The van der Waals surface area contributed by atoms with Gasteiger partial charge in [-0.1, -0.05) is 19.9 Å². The molecular weight excluding hydrogens is 229 g/mol. The highest BCUT2D eigenvalue weighted by molar-refractivity contribution is 5.43. The Balaban J connectivity index is 2.53. The molecule has 0 saturated carbocycles. The summed E-state index contributed by atoms with van der Waals surface area (Å²) in [6.45, 7) is 5.92.